The van der Waals surface area contributed by atoms with Gasteiger partial charge in [-0.15, -0.1) is 0 Å². The molecule has 1 amide bonds. The van der Waals surface area contributed by atoms with E-state index in [0.29, 0.717) is 33.2 Å². The van der Waals surface area contributed by atoms with Crippen molar-refractivity contribution in [3.05, 3.63) is 105 Å². The molecular formula is C29H31Cl2NO4. The van der Waals surface area contributed by atoms with E-state index in [0.717, 1.165) is 11.1 Å². The Morgan fingerprint density at radius 3 is 2.03 bits per heavy atom. The lowest BCUT2D eigenvalue weighted by Gasteiger charge is -2.40. The summed E-state index contributed by atoms with van der Waals surface area (Å²) in [6.07, 6.45) is 0.363. The molecule has 190 valence electrons. The Bertz CT molecular complexity index is 1240. The molecule has 0 aliphatic carbocycles. The topological polar surface area (TPSA) is 70.0 Å². The van der Waals surface area contributed by atoms with Gasteiger partial charge in [-0.1, -0.05) is 59.6 Å². The minimum absolute atomic E-state index is 0.198. The number of fused-ring (bicyclic) bond motifs is 1. The van der Waals surface area contributed by atoms with E-state index in [-0.39, 0.29) is 19.1 Å². The highest BCUT2D eigenvalue weighted by Crippen LogP contribution is 2.47. The molecule has 1 aliphatic rings. The lowest BCUT2D eigenvalue weighted by Crippen LogP contribution is -2.47. The molecule has 7 heteroatoms. The number of carbonyl (C=O) groups excluding carboxylic acids is 1. The molecule has 1 aliphatic heterocycles. The summed E-state index contributed by atoms with van der Waals surface area (Å²) in [7, 11) is 0. The average Bonchev–Trinajstić information content (AvgIpc) is 3.02. The quantitative estimate of drug-likeness (QED) is 0.362. The van der Waals surface area contributed by atoms with Crippen LogP contribution in [0.4, 0.5) is 0 Å². The number of hydrogen-bond acceptors (Lipinski definition) is 4. The van der Waals surface area contributed by atoms with Gasteiger partial charge in [0.15, 0.2) is 5.72 Å². The van der Waals surface area contributed by atoms with Crippen LogP contribution < -0.4 is 0 Å². The highest BCUT2D eigenvalue weighted by atomic mass is 35.5. The van der Waals surface area contributed by atoms with E-state index in [1.807, 2.05) is 36.4 Å². The van der Waals surface area contributed by atoms with Crippen LogP contribution in [0.25, 0.3) is 0 Å². The Morgan fingerprint density at radius 2 is 1.47 bits per heavy atom. The molecule has 2 N–H and O–H groups in total. The number of hydrogen-bond donors (Lipinski definition) is 2. The van der Waals surface area contributed by atoms with Crippen molar-refractivity contribution < 1.29 is 19.7 Å². The first-order valence-electron chi connectivity index (χ1n) is 11.9. The molecule has 1 unspecified atom stereocenters. The molecule has 0 radical (unpaired) electrons. The Morgan fingerprint density at radius 1 is 0.889 bits per heavy atom. The summed E-state index contributed by atoms with van der Waals surface area (Å²) in [4.78, 5) is 15.7. The van der Waals surface area contributed by atoms with E-state index >= 15 is 0 Å². The highest BCUT2D eigenvalue weighted by molar-refractivity contribution is 6.30. The fourth-order valence-electron chi connectivity index (χ4n) is 4.46. The van der Waals surface area contributed by atoms with Gasteiger partial charge in [0.25, 0.3) is 5.91 Å². The van der Waals surface area contributed by atoms with Gasteiger partial charge < -0.3 is 14.9 Å². The van der Waals surface area contributed by atoms with Crippen molar-refractivity contribution in [1.82, 2.24) is 4.90 Å². The number of amides is 1. The minimum Gasteiger partial charge on any atom is -0.390 e. The molecule has 4 rings (SSSR count). The fourth-order valence-corrected chi connectivity index (χ4v) is 4.71. The third-order valence-corrected chi connectivity index (χ3v) is 6.96. The van der Waals surface area contributed by atoms with Gasteiger partial charge in [0, 0.05) is 33.3 Å². The molecule has 0 saturated heterocycles. The van der Waals surface area contributed by atoms with E-state index in [4.69, 9.17) is 27.9 Å². The Hall–Kier alpha value is -2.41. The van der Waals surface area contributed by atoms with Crippen LogP contribution in [-0.2, 0) is 22.6 Å². The molecular weight excluding hydrogens is 497 g/mol. The second kappa shape index (κ2) is 9.81. The van der Waals surface area contributed by atoms with E-state index in [1.54, 1.807) is 62.9 Å². The Labute approximate surface area is 222 Å². The number of aliphatic hydroxyl groups is 2. The SMILES string of the molecule is CC(C)(O)CCOC1(c2ccc(Cl)cc2)c2ccc(C(C)(C)O)cc2C(=O)N1Cc1ccc(Cl)cc1. The zero-order valence-electron chi connectivity index (χ0n) is 20.9. The molecule has 5 nitrogen and oxygen atoms in total. The lowest BCUT2D eigenvalue weighted by molar-refractivity contribution is -0.122. The molecule has 1 heterocycles. The summed E-state index contributed by atoms with van der Waals surface area (Å²) >= 11 is 12.3. The number of ether oxygens (including phenoxy) is 1. The Kier molecular flexibility index (Phi) is 7.26. The van der Waals surface area contributed by atoms with Gasteiger partial charge >= 0.3 is 0 Å². The summed E-state index contributed by atoms with van der Waals surface area (Å²) < 4.78 is 6.64. The van der Waals surface area contributed by atoms with Crippen molar-refractivity contribution in [2.45, 2.75) is 57.6 Å². The van der Waals surface area contributed by atoms with Gasteiger partial charge in [0.1, 0.15) is 0 Å². The van der Waals surface area contributed by atoms with Crippen LogP contribution in [0.15, 0.2) is 66.7 Å². The third-order valence-electron chi connectivity index (χ3n) is 6.46. The first-order chi connectivity index (χ1) is 16.8. The molecule has 0 fully saturated rings. The maximum Gasteiger partial charge on any atom is 0.257 e. The molecule has 36 heavy (non-hydrogen) atoms. The summed E-state index contributed by atoms with van der Waals surface area (Å²) in [6, 6.07) is 20.0. The first-order valence-corrected chi connectivity index (χ1v) is 12.6. The fraction of sp³-hybridized carbons (Fsp3) is 0.345. The van der Waals surface area contributed by atoms with Crippen LogP contribution >= 0.6 is 23.2 Å². The summed E-state index contributed by atoms with van der Waals surface area (Å²) in [5, 5.41) is 22.2. The highest BCUT2D eigenvalue weighted by Gasteiger charge is 2.52. The molecule has 0 saturated carbocycles. The lowest BCUT2D eigenvalue weighted by atomic mass is 9.89. The van der Waals surface area contributed by atoms with Crippen LogP contribution in [0, 0.1) is 0 Å². The van der Waals surface area contributed by atoms with Gasteiger partial charge in [0.2, 0.25) is 0 Å². The molecule has 0 aromatic heterocycles. The van der Waals surface area contributed by atoms with Crippen molar-refractivity contribution >= 4 is 29.1 Å². The number of nitrogens with zero attached hydrogens (tertiary/aromatic N) is 1. The zero-order valence-corrected chi connectivity index (χ0v) is 22.4. The summed E-state index contributed by atoms with van der Waals surface area (Å²) in [5.74, 6) is -0.218. The number of carbonyl (C=O) groups is 1. The maximum atomic E-state index is 14.0. The normalized spacial score (nSPS) is 18.0. The molecule has 0 bridgehead atoms. The van der Waals surface area contributed by atoms with Crippen LogP contribution in [0.1, 0.15) is 66.7 Å². The third kappa shape index (κ3) is 5.31. The van der Waals surface area contributed by atoms with Gasteiger partial charge in [-0.25, -0.2) is 0 Å². The number of benzene rings is 3. The van der Waals surface area contributed by atoms with Crippen LogP contribution in [0.5, 0.6) is 0 Å². The standard InChI is InChI=1S/C29H31Cl2NO4/c1-27(2,34)15-16-36-29(20-7-12-23(31)13-8-20)25-14-9-21(28(3,4)35)17-24(25)26(33)32(29)18-19-5-10-22(30)11-6-19/h5-14,17,34-35H,15-16,18H2,1-4H3. The predicted molar refractivity (Wildman–Crippen MR) is 142 cm³/mol. The van der Waals surface area contributed by atoms with Gasteiger partial charge in [0.05, 0.1) is 17.8 Å². The van der Waals surface area contributed by atoms with Crippen LogP contribution in [0.3, 0.4) is 0 Å². The Balaban J connectivity index is 1.91. The zero-order chi connectivity index (χ0) is 26.3. The van der Waals surface area contributed by atoms with E-state index in [9.17, 15) is 15.0 Å². The molecule has 0 spiro atoms. The largest absolute Gasteiger partial charge is 0.390 e. The van der Waals surface area contributed by atoms with Crippen molar-refractivity contribution in [2.75, 3.05) is 6.61 Å². The number of halogens is 2. The van der Waals surface area contributed by atoms with Crippen LogP contribution in [-0.4, -0.2) is 33.2 Å². The smallest absolute Gasteiger partial charge is 0.257 e. The number of rotatable bonds is 8. The molecule has 3 aromatic carbocycles. The second-order valence-electron chi connectivity index (χ2n) is 10.4. The van der Waals surface area contributed by atoms with Gasteiger partial charge in [-0.3, -0.25) is 9.69 Å². The van der Waals surface area contributed by atoms with Crippen molar-refractivity contribution in [3.63, 3.8) is 0 Å². The first kappa shape index (κ1) is 26.6. The van der Waals surface area contributed by atoms with Crippen LogP contribution in [0.2, 0.25) is 10.0 Å². The summed E-state index contributed by atoms with van der Waals surface area (Å²) in [6.45, 7) is 7.27. The predicted octanol–water partition coefficient (Wildman–Crippen LogP) is 6.26. The van der Waals surface area contributed by atoms with Crippen molar-refractivity contribution in [1.29, 1.82) is 0 Å². The maximum absolute atomic E-state index is 14.0. The van der Waals surface area contributed by atoms with Gasteiger partial charge in [-0.2, -0.15) is 0 Å². The monoisotopic (exact) mass is 527 g/mol. The molecule has 3 aromatic rings. The van der Waals surface area contributed by atoms with Crippen molar-refractivity contribution in [3.8, 4) is 0 Å². The van der Waals surface area contributed by atoms with Gasteiger partial charge in [-0.05, 0) is 75.6 Å². The van der Waals surface area contributed by atoms with E-state index in [1.165, 1.54) is 0 Å². The molecule has 1 atom stereocenters. The van der Waals surface area contributed by atoms with E-state index < -0.39 is 16.9 Å². The average molecular weight is 528 g/mol. The minimum atomic E-state index is -1.26. The van der Waals surface area contributed by atoms with Crippen molar-refractivity contribution in [2.24, 2.45) is 0 Å². The second-order valence-corrected chi connectivity index (χ2v) is 11.3. The summed E-state index contributed by atoms with van der Waals surface area (Å²) in [5.41, 5.74) is 0.0494. The van der Waals surface area contributed by atoms with E-state index in [2.05, 4.69) is 0 Å².